The molecule has 2 rings (SSSR count). The lowest BCUT2D eigenvalue weighted by atomic mass is 10.2. The van der Waals surface area contributed by atoms with E-state index >= 15 is 0 Å². The molecular formula is C22H26N2O6. The zero-order chi connectivity index (χ0) is 21.8. The van der Waals surface area contributed by atoms with Crippen LogP contribution in [0.15, 0.2) is 48.5 Å². The smallest absolute Gasteiger partial charge is 0.338 e. The number of carbonyl (C=O) groups excluding carboxylic acids is 3. The molecule has 0 aliphatic rings. The summed E-state index contributed by atoms with van der Waals surface area (Å²) in [4.78, 5) is 35.8. The molecular weight excluding hydrogens is 388 g/mol. The first-order chi connectivity index (χ1) is 14.5. The molecule has 3 amide bonds. The Morgan fingerprint density at radius 1 is 0.933 bits per heavy atom. The molecule has 8 heteroatoms. The minimum atomic E-state index is -0.734. The average molecular weight is 414 g/mol. The fourth-order valence-corrected chi connectivity index (χ4v) is 2.43. The summed E-state index contributed by atoms with van der Waals surface area (Å²) < 4.78 is 16.1. The van der Waals surface area contributed by atoms with Gasteiger partial charge in [0.05, 0.1) is 18.8 Å². The maximum atomic E-state index is 12.2. The normalized spacial score (nSPS) is 10.1. The Morgan fingerprint density at radius 3 is 2.40 bits per heavy atom. The Labute approximate surface area is 175 Å². The quantitative estimate of drug-likeness (QED) is 0.579. The molecule has 30 heavy (non-hydrogen) atoms. The van der Waals surface area contributed by atoms with Gasteiger partial charge < -0.3 is 19.5 Å². The Bertz CT molecular complexity index is 854. The summed E-state index contributed by atoms with van der Waals surface area (Å²) in [5, 5.41) is 4.66. The van der Waals surface area contributed by atoms with Gasteiger partial charge in [-0.05, 0) is 37.1 Å². The Balaban J connectivity index is 1.83. The first-order valence-corrected chi connectivity index (χ1v) is 9.71. The number of ether oxygens (including phenoxy) is 3. The van der Waals surface area contributed by atoms with Gasteiger partial charge in [0.2, 0.25) is 0 Å². The highest BCUT2D eigenvalue weighted by atomic mass is 16.5. The molecule has 0 spiro atoms. The van der Waals surface area contributed by atoms with Crippen LogP contribution in [0.1, 0.15) is 36.2 Å². The summed E-state index contributed by atoms with van der Waals surface area (Å²) in [6.45, 7) is 4.42. The number of hydrogen-bond donors (Lipinski definition) is 2. The highest BCUT2D eigenvalue weighted by Crippen LogP contribution is 2.29. The van der Waals surface area contributed by atoms with E-state index in [1.807, 2.05) is 44.2 Å². The molecule has 0 unspecified atom stereocenters. The van der Waals surface area contributed by atoms with Crippen LogP contribution in [0.25, 0.3) is 0 Å². The monoisotopic (exact) mass is 414 g/mol. The number of nitrogens with one attached hydrogen (secondary N) is 2. The van der Waals surface area contributed by atoms with E-state index in [0.717, 1.165) is 12.0 Å². The van der Waals surface area contributed by atoms with Gasteiger partial charge in [-0.25, -0.2) is 9.59 Å². The number of rotatable bonds is 10. The van der Waals surface area contributed by atoms with E-state index in [9.17, 15) is 14.4 Å². The van der Waals surface area contributed by atoms with Crippen molar-refractivity contribution >= 4 is 17.9 Å². The first-order valence-electron chi connectivity index (χ1n) is 9.71. The number of hydrogen-bond acceptors (Lipinski definition) is 6. The van der Waals surface area contributed by atoms with Crippen molar-refractivity contribution in [3.63, 3.8) is 0 Å². The van der Waals surface area contributed by atoms with Crippen LogP contribution in [0.2, 0.25) is 0 Å². The molecule has 160 valence electrons. The predicted molar refractivity (Wildman–Crippen MR) is 110 cm³/mol. The zero-order valence-electron chi connectivity index (χ0n) is 17.1. The van der Waals surface area contributed by atoms with Crippen LogP contribution in [-0.4, -0.2) is 37.7 Å². The van der Waals surface area contributed by atoms with E-state index < -0.39 is 24.5 Å². The second kappa shape index (κ2) is 12.1. The van der Waals surface area contributed by atoms with Crippen LogP contribution in [0.5, 0.6) is 11.5 Å². The van der Waals surface area contributed by atoms with Gasteiger partial charge in [-0.3, -0.25) is 10.1 Å². The van der Waals surface area contributed by atoms with Gasteiger partial charge in [-0.15, -0.1) is 0 Å². The molecule has 0 radical (unpaired) electrons. The molecule has 2 aromatic carbocycles. The van der Waals surface area contributed by atoms with Crippen LogP contribution >= 0.6 is 0 Å². The molecule has 0 aromatic heterocycles. The zero-order valence-corrected chi connectivity index (χ0v) is 17.1. The number of benzene rings is 2. The van der Waals surface area contributed by atoms with Crippen molar-refractivity contribution in [3.05, 3.63) is 59.7 Å². The number of urea groups is 1. The third kappa shape index (κ3) is 7.46. The van der Waals surface area contributed by atoms with Gasteiger partial charge in [0.25, 0.3) is 5.91 Å². The number of amides is 3. The number of imide groups is 1. The molecule has 0 aliphatic heterocycles. The van der Waals surface area contributed by atoms with E-state index in [0.29, 0.717) is 24.7 Å². The third-order valence-corrected chi connectivity index (χ3v) is 3.82. The summed E-state index contributed by atoms with van der Waals surface area (Å²) in [5.41, 5.74) is 1.10. The van der Waals surface area contributed by atoms with E-state index in [1.165, 1.54) is 12.1 Å². The minimum absolute atomic E-state index is 0.212. The Morgan fingerprint density at radius 2 is 1.70 bits per heavy atom. The third-order valence-electron chi connectivity index (χ3n) is 3.82. The van der Waals surface area contributed by atoms with E-state index in [-0.39, 0.29) is 12.1 Å². The summed E-state index contributed by atoms with van der Waals surface area (Å²) in [7, 11) is 0. The number of esters is 1. The average Bonchev–Trinajstić information content (AvgIpc) is 2.76. The summed E-state index contributed by atoms with van der Waals surface area (Å²) in [5.74, 6) is -0.493. The molecule has 0 saturated carbocycles. The van der Waals surface area contributed by atoms with Gasteiger partial charge in [-0.1, -0.05) is 37.3 Å². The fraction of sp³-hybridized carbons (Fsp3) is 0.318. The molecule has 2 aromatic rings. The van der Waals surface area contributed by atoms with Crippen molar-refractivity contribution in [1.29, 1.82) is 0 Å². The fourth-order valence-electron chi connectivity index (χ4n) is 2.43. The summed E-state index contributed by atoms with van der Waals surface area (Å²) >= 11 is 0. The maximum Gasteiger partial charge on any atom is 0.338 e. The summed E-state index contributed by atoms with van der Waals surface area (Å²) in [6, 6.07) is 13.2. The predicted octanol–water partition coefficient (Wildman–Crippen LogP) is 3.06. The molecule has 0 saturated heterocycles. The van der Waals surface area contributed by atoms with Crippen LogP contribution < -0.4 is 20.1 Å². The Kier molecular flexibility index (Phi) is 9.18. The molecule has 0 bridgehead atoms. The SMILES string of the molecule is CCCOc1ccc(C(=O)OCC(=O)NC(=O)NCc2ccccc2)cc1OCC. The molecule has 0 heterocycles. The van der Waals surface area contributed by atoms with Crippen molar-refractivity contribution in [2.24, 2.45) is 0 Å². The highest BCUT2D eigenvalue weighted by Gasteiger charge is 2.15. The summed E-state index contributed by atoms with van der Waals surface area (Å²) in [6.07, 6.45) is 0.837. The minimum Gasteiger partial charge on any atom is -0.490 e. The maximum absolute atomic E-state index is 12.2. The Hall–Kier alpha value is -3.55. The van der Waals surface area contributed by atoms with Crippen molar-refractivity contribution in [2.45, 2.75) is 26.8 Å². The standard InChI is InChI=1S/C22H26N2O6/c1-3-12-29-18-11-10-17(13-19(18)28-4-2)21(26)30-15-20(25)24-22(27)23-14-16-8-6-5-7-9-16/h5-11,13H,3-4,12,14-15H2,1-2H3,(H2,23,24,25,27). The van der Waals surface area contributed by atoms with Crippen molar-refractivity contribution in [3.8, 4) is 11.5 Å². The number of carbonyl (C=O) groups is 3. The second-order valence-corrected chi connectivity index (χ2v) is 6.24. The van der Waals surface area contributed by atoms with Gasteiger partial charge in [0.15, 0.2) is 18.1 Å². The van der Waals surface area contributed by atoms with Crippen LogP contribution in [0.3, 0.4) is 0 Å². The largest absolute Gasteiger partial charge is 0.490 e. The van der Waals surface area contributed by atoms with E-state index in [4.69, 9.17) is 14.2 Å². The molecule has 8 nitrogen and oxygen atoms in total. The van der Waals surface area contributed by atoms with E-state index in [1.54, 1.807) is 6.07 Å². The van der Waals surface area contributed by atoms with Crippen LogP contribution in [0.4, 0.5) is 4.79 Å². The first kappa shape index (κ1) is 22.7. The molecule has 0 aliphatic carbocycles. The van der Waals surface area contributed by atoms with Gasteiger partial charge in [-0.2, -0.15) is 0 Å². The lowest BCUT2D eigenvalue weighted by molar-refractivity contribution is -0.123. The van der Waals surface area contributed by atoms with Gasteiger partial charge >= 0.3 is 12.0 Å². The second-order valence-electron chi connectivity index (χ2n) is 6.24. The van der Waals surface area contributed by atoms with Crippen molar-refractivity contribution in [2.75, 3.05) is 19.8 Å². The van der Waals surface area contributed by atoms with Gasteiger partial charge in [0, 0.05) is 6.54 Å². The lowest BCUT2D eigenvalue weighted by Crippen LogP contribution is -2.41. The van der Waals surface area contributed by atoms with Crippen molar-refractivity contribution in [1.82, 2.24) is 10.6 Å². The lowest BCUT2D eigenvalue weighted by Gasteiger charge is -2.13. The topological polar surface area (TPSA) is 103 Å². The highest BCUT2D eigenvalue weighted by molar-refractivity contribution is 5.97. The van der Waals surface area contributed by atoms with Gasteiger partial charge in [0.1, 0.15) is 0 Å². The van der Waals surface area contributed by atoms with Crippen LogP contribution in [-0.2, 0) is 16.1 Å². The van der Waals surface area contributed by atoms with E-state index in [2.05, 4.69) is 10.6 Å². The van der Waals surface area contributed by atoms with Crippen LogP contribution in [0, 0.1) is 0 Å². The van der Waals surface area contributed by atoms with Crippen molar-refractivity contribution < 1.29 is 28.6 Å². The molecule has 0 fully saturated rings. The molecule has 0 atom stereocenters. The molecule has 2 N–H and O–H groups in total.